The first-order valence-electron chi connectivity index (χ1n) is 3.18. The molecule has 0 atom stereocenters. The summed E-state index contributed by atoms with van der Waals surface area (Å²) in [5, 5.41) is 0. The van der Waals surface area contributed by atoms with Crippen LogP contribution in [0, 0.1) is 0 Å². The average Bonchev–Trinajstić information content (AvgIpc) is 2.03. The van der Waals surface area contributed by atoms with Crippen LogP contribution in [0.1, 0.15) is 10.4 Å². The molecule has 0 amide bonds. The normalized spacial score (nSPS) is 10.9. The van der Waals surface area contributed by atoms with Crippen molar-refractivity contribution in [3.8, 4) is 0 Å². The van der Waals surface area contributed by atoms with E-state index in [2.05, 4.69) is 9.51 Å². The summed E-state index contributed by atoms with van der Waals surface area (Å²) in [4.78, 5) is 31.1. The zero-order valence-corrected chi connectivity index (χ0v) is 7.22. The summed E-state index contributed by atoms with van der Waals surface area (Å²) in [7, 11) is -4.76. The number of carbonyl (C=O) groups is 1. The highest BCUT2D eigenvalue weighted by molar-refractivity contribution is 7.46. The molecule has 0 unspecified atom stereocenters. The Labute approximate surface area is 73.4 Å². The lowest BCUT2D eigenvalue weighted by molar-refractivity contribution is 0.0677. The number of rotatable bonds is 2. The SMILES string of the molecule is O=C(OP(=O)(O)O)c1cccnc1. The highest BCUT2D eigenvalue weighted by Gasteiger charge is 2.21. The Kier molecular flexibility index (Phi) is 2.77. The van der Waals surface area contributed by atoms with Gasteiger partial charge in [0.15, 0.2) is 0 Å². The first kappa shape index (κ1) is 9.85. The molecule has 0 aliphatic rings. The topological polar surface area (TPSA) is 96.7 Å². The van der Waals surface area contributed by atoms with E-state index in [1.807, 2.05) is 0 Å². The molecule has 1 aromatic rings. The third kappa shape index (κ3) is 3.33. The minimum Gasteiger partial charge on any atom is -0.367 e. The van der Waals surface area contributed by atoms with Gasteiger partial charge in [0.25, 0.3) is 0 Å². The Morgan fingerprint density at radius 1 is 1.54 bits per heavy atom. The highest BCUT2D eigenvalue weighted by atomic mass is 31.2. The van der Waals surface area contributed by atoms with Crippen molar-refractivity contribution in [3.05, 3.63) is 30.1 Å². The number of hydrogen-bond donors (Lipinski definition) is 2. The summed E-state index contributed by atoms with van der Waals surface area (Å²) in [6.07, 6.45) is 2.58. The molecule has 0 saturated heterocycles. The van der Waals surface area contributed by atoms with E-state index in [1.54, 1.807) is 0 Å². The van der Waals surface area contributed by atoms with Gasteiger partial charge >= 0.3 is 13.8 Å². The summed E-state index contributed by atoms with van der Waals surface area (Å²) < 4.78 is 14.1. The first-order chi connectivity index (χ1) is 5.99. The quantitative estimate of drug-likeness (QED) is 0.672. The van der Waals surface area contributed by atoms with Crippen molar-refractivity contribution in [2.24, 2.45) is 0 Å². The number of carbonyl (C=O) groups excluding carboxylic acids is 1. The number of pyridine rings is 1. The molecule has 0 saturated carbocycles. The van der Waals surface area contributed by atoms with E-state index in [1.165, 1.54) is 18.3 Å². The van der Waals surface area contributed by atoms with Crippen LogP contribution < -0.4 is 0 Å². The Bertz CT molecular complexity index is 345. The fourth-order valence-electron chi connectivity index (χ4n) is 0.644. The van der Waals surface area contributed by atoms with E-state index in [0.29, 0.717) is 0 Å². The van der Waals surface area contributed by atoms with Gasteiger partial charge in [-0.15, -0.1) is 0 Å². The zero-order valence-electron chi connectivity index (χ0n) is 6.32. The Morgan fingerprint density at radius 2 is 2.23 bits per heavy atom. The van der Waals surface area contributed by atoms with Crippen LogP contribution in [0.5, 0.6) is 0 Å². The maximum Gasteiger partial charge on any atom is 0.527 e. The van der Waals surface area contributed by atoms with E-state index >= 15 is 0 Å². The summed E-state index contributed by atoms with van der Waals surface area (Å²) in [6, 6.07) is 2.79. The number of phosphoric acid groups is 1. The molecular weight excluding hydrogens is 197 g/mol. The summed E-state index contributed by atoms with van der Waals surface area (Å²) in [5.41, 5.74) is -0.00850. The second-order valence-electron chi connectivity index (χ2n) is 2.11. The minimum absolute atomic E-state index is 0.00850. The third-order valence-electron chi connectivity index (χ3n) is 1.10. The molecule has 7 heteroatoms. The van der Waals surface area contributed by atoms with Crippen molar-refractivity contribution < 1.29 is 23.7 Å². The molecule has 1 rings (SSSR count). The molecule has 0 aliphatic carbocycles. The number of aromatic nitrogens is 1. The molecule has 6 nitrogen and oxygen atoms in total. The molecule has 0 aliphatic heterocycles. The van der Waals surface area contributed by atoms with Gasteiger partial charge in [-0.05, 0) is 12.1 Å². The maximum absolute atomic E-state index is 10.9. The molecule has 1 aromatic heterocycles. The van der Waals surface area contributed by atoms with Crippen LogP contribution in [0.25, 0.3) is 0 Å². The lowest BCUT2D eigenvalue weighted by Crippen LogP contribution is -2.03. The summed E-state index contributed by atoms with van der Waals surface area (Å²) >= 11 is 0. The average molecular weight is 203 g/mol. The van der Waals surface area contributed by atoms with Crippen molar-refractivity contribution in [2.45, 2.75) is 0 Å². The van der Waals surface area contributed by atoms with Crippen molar-refractivity contribution in [1.82, 2.24) is 4.98 Å². The minimum atomic E-state index is -4.76. The van der Waals surface area contributed by atoms with Gasteiger partial charge < -0.3 is 4.52 Å². The van der Waals surface area contributed by atoms with Gasteiger partial charge in [-0.25, -0.2) is 9.36 Å². The van der Waals surface area contributed by atoms with Crippen LogP contribution in [0.4, 0.5) is 0 Å². The van der Waals surface area contributed by atoms with Crippen molar-refractivity contribution >= 4 is 13.8 Å². The monoisotopic (exact) mass is 203 g/mol. The van der Waals surface area contributed by atoms with E-state index in [0.717, 1.165) is 6.20 Å². The fraction of sp³-hybridized carbons (Fsp3) is 0. The van der Waals surface area contributed by atoms with Gasteiger partial charge in [0.2, 0.25) is 0 Å². The summed E-state index contributed by atoms with van der Waals surface area (Å²) in [5.74, 6) is -1.10. The first-order valence-corrected chi connectivity index (χ1v) is 4.71. The number of hydrogen-bond acceptors (Lipinski definition) is 4. The Balaban J connectivity index is 2.76. The van der Waals surface area contributed by atoms with E-state index in [4.69, 9.17) is 9.79 Å². The predicted molar refractivity (Wildman–Crippen MR) is 41.7 cm³/mol. The standard InChI is InChI=1S/C6H6NO5P/c8-6(12-13(9,10)11)5-2-1-3-7-4-5/h1-4H,(H2,9,10,11). The van der Waals surface area contributed by atoms with E-state index < -0.39 is 13.8 Å². The van der Waals surface area contributed by atoms with Gasteiger partial charge in [-0.1, -0.05) is 0 Å². The highest BCUT2D eigenvalue weighted by Crippen LogP contribution is 2.36. The molecule has 0 aromatic carbocycles. The lowest BCUT2D eigenvalue weighted by atomic mass is 10.3. The van der Waals surface area contributed by atoms with Crippen LogP contribution in [0.15, 0.2) is 24.5 Å². The van der Waals surface area contributed by atoms with Crippen LogP contribution in [-0.4, -0.2) is 20.7 Å². The van der Waals surface area contributed by atoms with Gasteiger partial charge in [-0.3, -0.25) is 14.8 Å². The van der Waals surface area contributed by atoms with Gasteiger partial charge in [0, 0.05) is 12.4 Å². The Hall–Kier alpha value is -1.23. The van der Waals surface area contributed by atoms with Crippen LogP contribution in [0.2, 0.25) is 0 Å². The third-order valence-corrected chi connectivity index (χ3v) is 1.50. The molecular formula is C6H6NO5P. The van der Waals surface area contributed by atoms with Gasteiger partial charge in [0.05, 0.1) is 5.56 Å². The second-order valence-corrected chi connectivity index (χ2v) is 3.27. The van der Waals surface area contributed by atoms with Crippen LogP contribution in [-0.2, 0) is 9.09 Å². The molecule has 13 heavy (non-hydrogen) atoms. The van der Waals surface area contributed by atoms with Gasteiger partial charge in [0.1, 0.15) is 0 Å². The van der Waals surface area contributed by atoms with Crippen LogP contribution >= 0.6 is 7.82 Å². The van der Waals surface area contributed by atoms with Crippen molar-refractivity contribution in [1.29, 1.82) is 0 Å². The second kappa shape index (κ2) is 3.66. The number of nitrogens with zero attached hydrogens (tertiary/aromatic N) is 1. The molecule has 0 fully saturated rings. The maximum atomic E-state index is 10.9. The molecule has 0 bridgehead atoms. The summed E-state index contributed by atoms with van der Waals surface area (Å²) in [6.45, 7) is 0. The van der Waals surface area contributed by atoms with Crippen molar-refractivity contribution in [2.75, 3.05) is 0 Å². The van der Waals surface area contributed by atoms with E-state index in [9.17, 15) is 9.36 Å². The number of phosphoric ester groups is 1. The largest absolute Gasteiger partial charge is 0.527 e. The predicted octanol–water partition coefficient (Wildman–Crippen LogP) is 0.331. The molecule has 0 spiro atoms. The molecule has 1 heterocycles. The van der Waals surface area contributed by atoms with Crippen molar-refractivity contribution in [3.63, 3.8) is 0 Å². The molecule has 2 N–H and O–H groups in total. The van der Waals surface area contributed by atoms with E-state index in [-0.39, 0.29) is 5.56 Å². The molecule has 0 radical (unpaired) electrons. The molecule has 70 valence electrons. The lowest BCUT2D eigenvalue weighted by Gasteiger charge is -2.03. The fourth-order valence-corrected chi connectivity index (χ4v) is 0.966. The van der Waals surface area contributed by atoms with Crippen LogP contribution in [0.3, 0.4) is 0 Å². The van der Waals surface area contributed by atoms with Gasteiger partial charge in [-0.2, -0.15) is 0 Å². The Morgan fingerprint density at radius 3 is 2.69 bits per heavy atom. The smallest absolute Gasteiger partial charge is 0.367 e. The zero-order chi connectivity index (χ0) is 9.90.